The van der Waals surface area contributed by atoms with Gasteiger partial charge in [-0.25, -0.2) is 0 Å². The fraction of sp³-hybridized carbons (Fsp3) is 0.667. The van der Waals surface area contributed by atoms with E-state index in [1.165, 1.54) is 39.7 Å². The van der Waals surface area contributed by atoms with Crippen LogP contribution in [0.25, 0.3) is 0 Å². The molecule has 1 rings (SSSR count). The third kappa shape index (κ3) is 9.21. The first kappa shape index (κ1) is 10.2. The van der Waals surface area contributed by atoms with Crippen molar-refractivity contribution < 1.29 is 9.53 Å². The highest BCUT2D eigenvalue weighted by Crippen LogP contribution is 2.07. The van der Waals surface area contributed by atoms with Gasteiger partial charge < -0.3 is 4.74 Å². The quantitative estimate of drug-likeness (QED) is 0.397. The Balaban J connectivity index is 0.000000187. The molecule has 11 heavy (non-hydrogen) atoms. The molecule has 0 aromatic rings. The number of hydrogen-bond acceptors (Lipinski definition) is 2. The molecule has 64 valence electrons. The lowest BCUT2D eigenvalue weighted by atomic mass is 10.1. The smallest absolute Gasteiger partial charge is 0.302 e. The molecular weight excluding hydrogens is 140 g/mol. The number of methoxy groups -OCH3 is 1. The lowest BCUT2D eigenvalue weighted by Crippen LogP contribution is -1.88. The molecule has 2 heteroatoms. The molecule has 0 fully saturated rings. The van der Waals surface area contributed by atoms with Crippen LogP contribution < -0.4 is 0 Å². The van der Waals surface area contributed by atoms with E-state index in [1.54, 1.807) is 0 Å². The minimum absolute atomic E-state index is 0.245. The van der Waals surface area contributed by atoms with Gasteiger partial charge in [0.25, 0.3) is 0 Å². The average Bonchev–Trinajstić information content (AvgIpc) is 2.09. The highest BCUT2D eigenvalue weighted by atomic mass is 16.5. The van der Waals surface area contributed by atoms with Crippen LogP contribution in [-0.4, -0.2) is 13.1 Å². The fourth-order valence-electron chi connectivity index (χ4n) is 0.760. The average molecular weight is 156 g/mol. The summed E-state index contributed by atoms with van der Waals surface area (Å²) in [7, 11) is 1.35. The third-order valence-corrected chi connectivity index (χ3v) is 1.45. The first-order valence-electron chi connectivity index (χ1n) is 3.97. The van der Waals surface area contributed by atoms with Crippen LogP contribution >= 0.6 is 0 Å². The maximum absolute atomic E-state index is 9.59. The van der Waals surface area contributed by atoms with E-state index in [9.17, 15) is 4.79 Å². The number of rotatable bonds is 0. The largest absolute Gasteiger partial charge is 0.469 e. The minimum Gasteiger partial charge on any atom is -0.469 e. The number of esters is 1. The highest BCUT2D eigenvalue weighted by Gasteiger charge is 1.87. The predicted octanol–water partition coefficient (Wildman–Crippen LogP) is 2.30. The van der Waals surface area contributed by atoms with E-state index < -0.39 is 0 Å². The Morgan fingerprint density at radius 2 is 1.64 bits per heavy atom. The summed E-state index contributed by atoms with van der Waals surface area (Å²) >= 11 is 0. The zero-order valence-electron chi connectivity index (χ0n) is 7.30. The number of hydrogen-bond donors (Lipinski definition) is 0. The number of ether oxygens (including phenoxy) is 1. The monoisotopic (exact) mass is 156 g/mol. The van der Waals surface area contributed by atoms with Gasteiger partial charge in [-0.2, -0.15) is 0 Å². The summed E-state index contributed by atoms with van der Waals surface area (Å²) in [6.45, 7) is 1.36. The molecule has 0 saturated carbocycles. The predicted molar refractivity (Wildman–Crippen MR) is 45.3 cm³/mol. The van der Waals surface area contributed by atoms with Crippen molar-refractivity contribution in [2.75, 3.05) is 7.11 Å². The van der Waals surface area contributed by atoms with Crippen molar-refractivity contribution in [3.8, 4) is 0 Å². The maximum Gasteiger partial charge on any atom is 0.302 e. The Labute approximate surface area is 68.2 Å². The number of carbonyl (C=O) groups is 1. The van der Waals surface area contributed by atoms with Gasteiger partial charge in [-0.3, -0.25) is 4.79 Å². The third-order valence-electron chi connectivity index (χ3n) is 1.45. The van der Waals surface area contributed by atoms with Gasteiger partial charge in [0.15, 0.2) is 0 Å². The van der Waals surface area contributed by atoms with Crippen molar-refractivity contribution in [2.24, 2.45) is 0 Å². The SMILES string of the molecule is C1=CCCCC1.COC(C)=O. The molecule has 0 heterocycles. The molecule has 0 aromatic heterocycles. The Morgan fingerprint density at radius 1 is 1.27 bits per heavy atom. The second-order valence-electron chi connectivity index (χ2n) is 2.45. The van der Waals surface area contributed by atoms with Gasteiger partial charge in [-0.1, -0.05) is 12.2 Å². The number of carbonyl (C=O) groups excluding carboxylic acids is 1. The van der Waals surface area contributed by atoms with Crippen molar-refractivity contribution >= 4 is 5.97 Å². The van der Waals surface area contributed by atoms with Crippen LogP contribution in [-0.2, 0) is 9.53 Å². The lowest BCUT2D eigenvalue weighted by Gasteiger charge is -1.97. The highest BCUT2D eigenvalue weighted by molar-refractivity contribution is 5.65. The summed E-state index contributed by atoms with van der Waals surface area (Å²) in [6, 6.07) is 0. The molecule has 2 nitrogen and oxygen atoms in total. The molecule has 0 spiro atoms. The van der Waals surface area contributed by atoms with Crippen molar-refractivity contribution in [3.63, 3.8) is 0 Å². The van der Waals surface area contributed by atoms with Crippen molar-refractivity contribution in [1.29, 1.82) is 0 Å². The van der Waals surface area contributed by atoms with E-state index >= 15 is 0 Å². The molecule has 0 N–H and O–H groups in total. The summed E-state index contributed by atoms with van der Waals surface area (Å²) in [4.78, 5) is 9.59. The van der Waals surface area contributed by atoms with Crippen molar-refractivity contribution in [2.45, 2.75) is 32.6 Å². The Kier molecular flexibility index (Phi) is 6.79. The standard InChI is InChI=1S/C6H10.C3H6O2/c1-2-4-6-5-3-1;1-3(4)5-2/h1-2H,3-6H2;1-2H3. The van der Waals surface area contributed by atoms with Crippen LogP contribution in [0.2, 0.25) is 0 Å². The molecule has 0 saturated heterocycles. The number of allylic oxidation sites excluding steroid dienone is 2. The van der Waals surface area contributed by atoms with Gasteiger partial charge in [0.05, 0.1) is 7.11 Å². The van der Waals surface area contributed by atoms with Gasteiger partial charge >= 0.3 is 5.97 Å². The van der Waals surface area contributed by atoms with E-state index in [2.05, 4.69) is 16.9 Å². The first-order chi connectivity index (χ1) is 5.27. The zero-order chi connectivity index (χ0) is 8.53. The van der Waals surface area contributed by atoms with Crippen LogP contribution in [0.1, 0.15) is 32.6 Å². The van der Waals surface area contributed by atoms with Crippen LogP contribution in [0.4, 0.5) is 0 Å². The van der Waals surface area contributed by atoms with Crippen molar-refractivity contribution in [3.05, 3.63) is 12.2 Å². The van der Waals surface area contributed by atoms with Gasteiger partial charge in [-0.15, -0.1) is 0 Å². The molecular formula is C9H16O2. The summed E-state index contributed by atoms with van der Waals surface area (Å²) in [5, 5.41) is 0. The van der Waals surface area contributed by atoms with Crippen LogP contribution in [0, 0.1) is 0 Å². The van der Waals surface area contributed by atoms with E-state index in [4.69, 9.17) is 0 Å². The summed E-state index contributed by atoms with van der Waals surface area (Å²) in [5.74, 6) is -0.245. The lowest BCUT2D eigenvalue weighted by molar-refractivity contribution is -0.137. The molecule has 0 bridgehead atoms. The van der Waals surface area contributed by atoms with Gasteiger partial charge in [0, 0.05) is 6.92 Å². The second kappa shape index (κ2) is 7.32. The molecule has 1 aliphatic rings. The Hall–Kier alpha value is -0.790. The Morgan fingerprint density at radius 3 is 1.73 bits per heavy atom. The summed E-state index contributed by atoms with van der Waals surface area (Å²) in [5.41, 5.74) is 0. The van der Waals surface area contributed by atoms with E-state index in [-0.39, 0.29) is 5.97 Å². The van der Waals surface area contributed by atoms with Gasteiger partial charge in [0.1, 0.15) is 0 Å². The summed E-state index contributed by atoms with van der Waals surface area (Å²) in [6.07, 6.45) is 10.0. The molecule has 0 radical (unpaired) electrons. The van der Waals surface area contributed by atoms with Gasteiger partial charge in [0.2, 0.25) is 0 Å². The first-order valence-corrected chi connectivity index (χ1v) is 3.97. The fourth-order valence-corrected chi connectivity index (χ4v) is 0.760. The second-order valence-corrected chi connectivity index (χ2v) is 2.45. The molecule has 1 aliphatic carbocycles. The molecule has 0 amide bonds. The van der Waals surface area contributed by atoms with Crippen molar-refractivity contribution in [1.82, 2.24) is 0 Å². The normalized spacial score (nSPS) is 14.7. The zero-order valence-corrected chi connectivity index (χ0v) is 7.30. The van der Waals surface area contributed by atoms with Gasteiger partial charge in [-0.05, 0) is 25.7 Å². The van der Waals surface area contributed by atoms with E-state index in [0.717, 1.165) is 0 Å². The molecule has 0 aromatic carbocycles. The van der Waals surface area contributed by atoms with Crippen LogP contribution in [0.5, 0.6) is 0 Å². The minimum atomic E-state index is -0.245. The molecule has 0 unspecified atom stereocenters. The van der Waals surface area contributed by atoms with E-state index in [1.807, 2.05) is 0 Å². The molecule has 0 aliphatic heterocycles. The van der Waals surface area contributed by atoms with Crippen LogP contribution in [0.3, 0.4) is 0 Å². The van der Waals surface area contributed by atoms with E-state index in [0.29, 0.717) is 0 Å². The maximum atomic E-state index is 9.59. The Bertz CT molecular complexity index is 120. The summed E-state index contributed by atoms with van der Waals surface area (Å²) < 4.78 is 4.11. The molecule has 0 atom stereocenters. The van der Waals surface area contributed by atoms with Crippen LogP contribution in [0.15, 0.2) is 12.2 Å². The topological polar surface area (TPSA) is 26.3 Å².